The molecule has 1 atom stereocenters. The summed E-state index contributed by atoms with van der Waals surface area (Å²) in [7, 11) is -3.23. The number of sulfonamides is 1. The summed E-state index contributed by atoms with van der Waals surface area (Å²) in [6.45, 7) is 5.28. The monoisotopic (exact) mass is 430 g/mol. The molecule has 2 heterocycles. The van der Waals surface area contributed by atoms with Gasteiger partial charge in [-0.15, -0.1) is 0 Å². The fourth-order valence-electron chi connectivity index (χ4n) is 3.90. The molecule has 7 nitrogen and oxygen atoms in total. The molecule has 2 aliphatic rings. The van der Waals surface area contributed by atoms with Gasteiger partial charge in [-0.05, 0) is 56.7 Å². The highest BCUT2D eigenvalue weighted by Gasteiger charge is 2.28. The molecule has 30 heavy (non-hydrogen) atoms. The van der Waals surface area contributed by atoms with E-state index in [2.05, 4.69) is 5.32 Å². The summed E-state index contributed by atoms with van der Waals surface area (Å²) < 4.78 is 37.1. The smallest absolute Gasteiger partial charge is 0.251 e. The van der Waals surface area contributed by atoms with Crippen molar-refractivity contribution in [2.45, 2.75) is 39.3 Å². The van der Waals surface area contributed by atoms with E-state index in [-0.39, 0.29) is 17.8 Å². The lowest BCUT2D eigenvalue weighted by Gasteiger charge is -2.17. The third kappa shape index (κ3) is 4.09. The van der Waals surface area contributed by atoms with Gasteiger partial charge < -0.3 is 14.8 Å². The Morgan fingerprint density at radius 3 is 2.70 bits per heavy atom. The van der Waals surface area contributed by atoms with E-state index >= 15 is 0 Å². The molecule has 0 radical (unpaired) electrons. The summed E-state index contributed by atoms with van der Waals surface area (Å²) >= 11 is 0. The SMILES string of the molecule is CCOc1cc2c(cc1CNC(=O)c1ccc(N3CCCS3(=O)=O)cc1)OC(C)C2. The fourth-order valence-corrected chi connectivity index (χ4v) is 5.46. The van der Waals surface area contributed by atoms with Crippen LogP contribution in [0.2, 0.25) is 0 Å². The summed E-state index contributed by atoms with van der Waals surface area (Å²) in [5, 5.41) is 2.92. The Labute approximate surface area is 177 Å². The van der Waals surface area contributed by atoms with Gasteiger partial charge in [-0.1, -0.05) is 0 Å². The van der Waals surface area contributed by atoms with Crippen molar-refractivity contribution in [3.63, 3.8) is 0 Å². The van der Waals surface area contributed by atoms with Crippen LogP contribution in [0.25, 0.3) is 0 Å². The largest absolute Gasteiger partial charge is 0.494 e. The third-order valence-electron chi connectivity index (χ3n) is 5.34. The molecule has 0 bridgehead atoms. The molecule has 0 aliphatic carbocycles. The number of benzene rings is 2. The van der Waals surface area contributed by atoms with Crippen LogP contribution in [0.3, 0.4) is 0 Å². The van der Waals surface area contributed by atoms with Crippen molar-refractivity contribution in [2.24, 2.45) is 0 Å². The number of hydrogen-bond donors (Lipinski definition) is 1. The number of nitrogens with one attached hydrogen (secondary N) is 1. The molecule has 1 fully saturated rings. The molecule has 4 rings (SSSR count). The highest BCUT2D eigenvalue weighted by Crippen LogP contribution is 2.35. The molecule has 1 N–H and O–H groups in total. The molecule has 0 aromatic heterocycles. The molecule has 1 unspecified atom stereocenters. The molecule has 8 heteroatoms. The highest BCUT2D eigenvalue weighted by molar-refractivity contribution is 7.93. The molecule has 0 saturated carbocycles. The van der Waals surface area contributed by atoms with Gasteiger partial charge in [0.25, 0.3) is 5.91 Å². The van der Waals surface area contributed by atoms with E-state index in [1.807, 2.05) is 26.0 Å². The standard InChI is InChI=1S/C22H26N2O5S/c1-3-28-20-12-17-11-15(2)29-21(17)13-18(20)14-23-22(25)16-5-7-19(8-6-16)24-9-4-10-30(24,26)27/h5-8,12-13,15H,3-4,9-11,14H2,1-2H3,(H,23,25). The quantitative estimate of drug-likeness (QED) is 0.762. The molecule has 1 amide bonds. The number of nitrogens with zero attached hydrogens (tertiary/aromatic N) is 1. The van der Waals surface area contributed by atoms with Gasteiger partial charge in [-0.2, -0.15) is 0 Å². The van der Waals surface area contributed by atoms with Gasteiger partial charge in [0.2, 0.25) is 10.0 Å². The predicted octanol–water partition coefficient (Wildman–Crippen LogP) is 2.88. The lowest BCUT2D eigenvalue weighted by Crippen LogP contribution is -2.26. The summed E-state index contributed by atoms with van der Waals surface area (Å²) in [6.07, 6.45) is 1.61. The van der Waals surface area contributed by atoms with E-state index in [9.17, 15) is 13.2 Å². The number of amides is 1. The van der Waals surface area contributed by atoms with Gasteiger partial charge in [0.05, 0.1) is 18.0 Å². The Balaban J connectivity index is 1.45. The van der Waals surface area contributed by atoms with Gasteiger partial charge >= 0.3 is 0 Å². The number of rotatable bonds is 6. The number of ether oxygens (including phenoxy) is 2. The second kappa shape index (κ2) is 8.18. The van der Waals surface area contributed by atoms with Crippen LogP contribution in [0, 0.1) is 0 Å². The second-order valence-electron chi connectivity index (χ2n) is 7.60. The van der Waals surface area contributed by atoms with Gasteiger partial charge in [-0.3, -0.25) is 9.10 Å². The van der Waals surface area contributed by atoms with Crippen molar-refractivity contribution < 1.29 is 22.7 Å². The Morgan fingerprint density at radius 2 is 2.03 bits per heavy atom. The average Bonchev–Trinajstić information content (AvgIpc) is 3.26. The van der Waals surface area contributed by atoms with Crippen molar-refractivity contribution in [2.75, 3.05) is 23.2 Å². The van der Waals surface area contributed by atoms with Crippen molar-refractivity contribution >= 4 is 21.6 Å². The second-order valence-corrected chi connectivity index (χ2v) is 9.62. The summed E-state index contributed by atoms with van der Waals surface area (Å²) in [5.74, 6) is 1.53. The number of carbonyl (C=O) groups is 1. The fraction of sp³-hybridized carbons (Fsp3) is 0.409. The summed E-state index contributed by atoms with van der Waals surface area (Å²) in [4.78, 5) is 12.6. The van der Waals surface area contributed by atoms with Crippen LogP contribution in [-0.2, 0) is 23.0 Å². The van der Waals surface area contributed by atoms with Crippen LogP contribution in [0.15, 0.2) is 36.4 Å². The zero-order chi connectivity index (χ0) is 21.3. The van der Waals surface area contributed by atoms with E-state index in [1.165, 1.54) is 4.31 Å². The number of hydrogen-bond acceptors (Lipinski definition) is 5. The van der Waals surface area contributed by atoms with Gasteiger partial charge in [-0.25, -0.2) is 8.42 Å². The topological polar surface area (TPSA) is 84.9 Å². The first-order chi connectivity index (χ1) is 14.4. The maximum Gasteiger partial charge on any atom is 0.251 e. The van der Waals surface area contributed by atoms with Crippen LogP contribution in [-0.4, -0.2) is 39.3 Å². The molecule has 1 saturated heterocycles. The number of carbonyl (C=O) groups excluding carboxylic acids is 1. The van der Waals surface area contributed by atoms with Crippen molar-refractivity contribution in [3.8, 4) is 11.5 Å². The van der Waals surface area contributed by atoms with Gasteiger partial charge in [0.15, 0.2) is 0 Å². The normalized spacial score (nSPS) is 19.3. The lowest BCUT2D eigenvalue weighted by molar-refractivity contribution is 0.0950. The van der Waals surface area contributed by atoms with Crippen molar-refractivity contribution in [3.05, 3.63) is 53.1 Å². The Kier molecular flexibility index (Phi) is 5.60. The molecule has 2 aliphatic heterocycles. The van der Waals surface area contributed by atoms with Crippen molar-refractivity contribution in [1.29, 1.82) is 0 Å². The minimum Gasteiger partial charge on any atom is -0.494 e. The van der Waals surface area contributed by atoms with E-state index in [0.717, 1.165) is 29.0 Å². The van der Waals surface area contributed by atoms with Crippen LogP contribution in [0.4, 0.5) is 5.69 Å². The third-order valence-corrected chi connectivity index (χ3v) is 7.20. The predicted molar refractivity (Wildman–Crippen MR) is 115 cm³/mol. The first kappa shape index (κ1) is 20.5. The zero-order valence-electron chi connectivity index (χ0n) is 17.2. The minimum absolute atomic E-state index is 0.136. The van der Waals surface area contributed by atoms with Gasteiger partial charge in [0.1, 0.15) is 17.6 Å². The highest BCUT2D eigenvalue weighted by atomic mass is 32.2. The number of fused-ring (bicyclic) bond motifs is 1. The first-order valence-corrected chi connectivity index (χ1v) is 11.8. The maximum absolute atomic E-state index is 12.6. The van der Waals surface area contributed by atoms with E-state index in [0.29, 0.717) is 37.4 Å². The Morgan fingerprint density at radius 1 is 1.27 bits per heavy atom. The zero-order valence-corrected chi connectivity index (χ0v) is 18.0. The van der Waals surface area contributed by atoms with E-state index in [1.54, 1.807) is 24.3 Å². The van der Waals surface area contributed by atoms with E-state index in [4.69, 9.17) is 9.47 Å². The molecule has 160 valence electrons. The van der Waals surface area contributed by atoms with E-state index < -0.39 is 10.0 Å². The number of anilines is 1. The maximum atomic E-state index is 12.6. The Hall–Kier alpha value is -2.74. The molecule has 2 aromatic carbocycles. The summed E-state index contributed by atoms with van der Waals surface area (Å²) in [6, 6.07) is 10.6. The average molecular weight is 431 g/mol. The van der Waals surface area contributed by atoms with Gasteiger partial charge in [0, 0.05) is 36.2 Å². The first-order valence-electron chi connectivity index (χ1n) is 10.2. The summed E-state index contributed by atoms with van der Waals surface area (Å²) in [5.41, 5.74) is 3.04. The lowest BCUT2D eigenvalue weighted by atomic mass is 10.1. The molecular formula is C22H26N2O5S. The van der Waals surface area contributed by atoms with Crippen LogP contribution in [0.1, 0.15) is 41.8 Å². The van der Waals surface area contributed by atoms with Crippen LogP contribution in [0.5, 0.6) is 11.5 Å². The molecular weight excluding hydrogens is 404 g/mol. The van der Waals surface area contributed by atoms with Crippen molar-refractivity contribution in [1.82, 2.24) is 5.32 Å². The molecule has 0 spiro atoms. The van der Waals surface area contributed by atoms with Crippen LogP contribution >= 0.6 is 0 Å². The van der Waals surface area contributed by atoms with Crippen LogP contribution < -0.4 is 19.1 Å². The Bertz CT molecular complexity index is 1050. The molecule has 2 aromatic rings. The minimum atomic E-state index is -3.23.